The number of hydrogen-bond donors (Lipinski definition) is 1. The SMILES string of the molecule is COc1ccc(CNc2nc3cc(CCC4=C[C@@H](n5ccc6c(Cl)ncnc65)[C@@H]5OC(C)(C)O[C@H]45)ccc3cc2Br)cc1. The molecule has 220 valence electrons. The van der Waals surface area contributed by atoms with Gasteiger partial charge in [0.2, 0.25) is 0 Å². The van der Waals surface area contributed by atoms with Crippen molar-refractivity contribution in [2.24, 2.45) is 0 Å². The first-order chi connectivity index (χ1) is 20.8. The molecular formula is C33H31BrClN5O3. The van der Waals surface area contributed by atoms with Gasteiger partial charge in [0.05, 0.1) is 28.5 Å². The molecule has 1 saturated heterocycles. The number of ether oxygens (including phenoxy) is 3. The highest BCUT2D eigenvalue weighted by Gasteiger charge is 2.50. The van der Waals surface area contributed by atoms with Crippen LogP contribution in [0.3, 0.4) is 0 Å². The molecule has 0 unspecified atom stereocenters. The van der Waals surface area contributed by atoms with Crippen molar-refractivity contribution in [3.8, 4) is 5.75 Å². The molecule has 1 N–H and O–H groups in total. The van der Waals surface area contributed by atoms with Crippen LogP contribution in [0.1, 0.15) is 37.4 Å². The minimum absolute atomic E-state index is 0.0554. The lowest BCUT2D eigenvalue weighted by Crippen LogP contribution is -2.27. The maximum absolute atomic E-state index is 6.42. The molecule has 0 radical (unpaired) electrons. The van der Waals surface area contributed by atoms with Crippen LogP contribution in [0.5, 0.6) is 5.75 Å². The Hall–Kier alpha value is -3.50. The van der Waals surface area contributed by atoms with E-state index in [1.165, 1.54) is 17.5 Å². The highest BCUT2D eigenvalue weighted by atomic mass is 79.9. The third kappa shape index (κ3) is 5.51. The number of methoxy groups -OCH3 is 1. The number of aromatic nitrogens is 4. The van der Waals surface area contributed by atoms with E-state index in [1.54, 1.807) is 7.11 Å². The molecule has 3 aromatic heterocycles. The molecule has 10 heteroatoms. The molecule has 0 saturated carbocycles. The average molecular weight is 661 g/mol. The summed E-state index contributed by atoms with van der Waals surface area (Å²) in [5, 5.41) is 5.82. The summed E-state index contributed by atoms with van der Waals surface area (Å²) < 4.78 is 21.2. The number of hydrogen-bond acceptors (Lipinski definition) is 7. The summed E-state index contributed by atoms with van der Waals surface area (Å²) >= 11 is 10.0. The van der Waals surface area contributed by atoms with Crippen molar-refractivity contribution >= 4 is 55.3 Å². The fourth-order valence-corrected chi connectivity index (χ4v) is 6.73. The van der Waals surface area contributed by atoms with Crippen LogP contribution in [-0.2, 0) is 22.4 Å². The Morgan fingerprint density at radius 1 is 1.02 bits per heavy atom. The van der Waals surface area contributed by atoms with Gasteiger partial charge in [0.25, 0.3) is 0 Å². The monoisotopic (exact) mass is 659 g/mol. The zero-order valence-electron chi connectivity index (χ0n) is 24.1. The summed E-state index contributed by atoms with van der Waals surface area (Å²) in [6.45, 7) is 4.60. The Morgan fingerprint density at radius 3 is 2.65 bits per heavy atom. The van der Waals surface area contributed by atoms with Gasteiger partial charge < -0.3 is 24.1 Å². The van der Waals surface area contributed by atoms with E-state index in [0.717, 1.165) is 56.4 Å². The van der Waals surface area contributed by atoms with Gasteiger partial charge in [0.1, 0.15) is 40.9 Å². The van der Waals surface area contributed by atoms with Crippen LogP contribution in [-0.4, -0.2) is 44.6 Å². The standard InChI is InChI=1S/C33H31BrClN5O3/c1-33(2)42-28-22(16-27(29(28)43-33)40-13-12-24-30(35)37-18-38-32(24)40)9-5-19-4-8-21-15-25(34)31(39-26(21)14-19)36-17-20-6-10-23(41-3)11-7-20/h4,6-8,10-16,18,27-29H,5,9,17H2,1-3H3,(H,36,39)/t27-,28-,29+/m1/s1. The summed E-state index contributed by atoms with van der Waals surface area (Å²) in [5.41, 5.74) is 5.33. The Morgan fingerprint density at radius 2 is 1.84 bits per heavy atom. The van der Waals surface area contributed by atoms with E-state index in [0.29, 0.717) is 11.7 Å². The van der Waals surface area contributed by atoms with Gasteiger partial charge in [-0.25, -0.2) is 15.0 Å². The van der Waals surface area contributed by atoms with Gasteiger partial charge in [-0.2, -0.15) is 0 Å². The van der Waals surface area contributed by atoms with Crippen LogP contribution < -0.4 is 10.1 Å². The van der Waals surface area contributed by atoms with Crippen LogP contribution in [0.15, 0.2) is 83.2 Å². The van der Waals surface area contributed by atoms with E-state index in [4.69, 9.17) is 30.8 Å². The number of anilines is 1. The number of nitrogens with one attached hydrogen (secondary N) is 1. The van der Waals surface area contributed by atoms with Crippen LogP contribution in [0.4, 0.5) is 5.82 Å². The predicted octanol–water partition coefficient (Wildman–Crippen LogP) is 7.65. The summed E-state index contributed by atoms with van der Waals surface area (Å²) in [7, 11) is 1.67. The van der Waals surface area contributed by atoms with Gasteiger partial charge in [0.15, 0.2) is 5.79 Å². The van der Waals surface area contributed by atoms with Crippen molar-refractivity contribution in [2.45, 2.75) is 57.3 Å². The molecule has 1 fully saturated rings. The fraction of sp³-hybridized carbons (Fsp3) is 0.303. The first-order valence-electron chi connectivity index (χ1n) is 14.3. The van der Waals surface area contributed by atoms with Crippen molar-refractivity contribution in [3.63, 3.8) is 0 Å². The van der Waals surface area contributed by atoms with Gasteiger partial charge in [-0.05, 0) is 89.7 Å². The number of aryl methyl sites for hydroxylation is 1. The molecule has 43 heavy (non-hydrogen) atoms. The van der Waals surface area contributed by atoms with Gasteiger partial charge in [-0.3, -0.25) is 0 Å². The number of fused-ring (bicyclic) bond motifs is 3. The van der Waals surface area contributed by atoms with Gasteiger partial charge in [0, 0.05) is 18.1 Å². The topological polar surface area (TPSA) is 83.3 Å². The minimum atomic E-state index is -0.668. The summed E-state index contributed by atoms with van der Waals surface area (Å²) in [4.78, 5) is 13.6. The quantitative estimate of drug-likeness (QED) is 0.135. The van der Waals surface area contributed by atoms with Crippen LogP contribution >= 0.6 is 27.5 Å². The molecule has 0 bridgehead atoms. The molecule has 1 aliphatic heterocycles. The number of benzene rings is 2. The molecule has 5 aromatic rings. The molecule has 0 amide bonds. The van der Waals surface area contributed by atoms with Gasteiger partial charge in [-0.15, -0.1) is 0 Å². The lowest BCUT2D eigenvalue weighted by Gasteiger charge is -2.22. The second-order valence-corrected chi connectivity index (χ2v) is 12.6. The Kier molecular flexibility index (Phi) is 7.37. The lowest BCUT2D eigenvalue weighted by molar-refractivity contribution is -0.147. The van der Waals surface area contributed by atoms with Crippen molar-refractivity contribution in [1.82, 2.24) is 19.5 Å². The van der Waals surface area contributed by atoms with Crippen molar-refractivity contribution in [3.05, 3.63) is 99.5 Å². The Balaban J connectivity index is 1.11. The molecule has 2 aliphatic rings. The van der Waals surface area contributed by atoms with E-state index in [9.17, 15) is 0 Å². The number of halogens is 2. The smallest absolute Gasteiger partial charge is 0.164 e. The summed E-state index contributed by atoms with van der Waals surface area (Å²) in [6.07, 6.45) is 7.21. The highest BCUT2D eigenvalue weighted by Crippen LogP contribution is 2.45. The molecular weight excluding hydrogens is 630 g/mol. The van der Waals surface area contributed by atoms with Crippen LogP contribution in [0.25, 0.3) is 21.9 Å². The van der Waals surface area contributed by atoms with Crippen LogP contribution in [0, 0.1) is 0 Å². The van der Waals surface area contributed by atoms with Crippen molar-refractivity contribution < 1.29 is 14.2 Å². The molecule has 8 nitrogen and oxygen atoms in total. The first kappa shape index (κ1) is 28.3. The van der Waals surface area contributed by atoms with Crippen molar-refractivity contribution in [1.29, 1.82) is 0 Å². The number of rotatable bonds is 8. The van der Waals surface area contributed by atoms with Crippen LogP contribution in [0.2, 0.25) is 5.15 Å². The van der Waals surface area contributed by atoms with E-state index >= 15 is 0 Å². The highest BCUT2D eigenvalue weighted by molar-refractivity contribution is 9.10. The summed E-state index contributed by atoms with van der Waals surface area (Å²) in [5.74, 6) is 0.985. The lowest BCUT2D eigenvalue weighted by atomic mass is 10.0. The van der Waals surface area contributed by atoms with E-state index in [1.807, 2.05) is 50.4 Å². The van der Waals surface area contributed by atoms with Gasteiger partial charge in [-0.1, -0.05) is 41.9 Å². The zero-order valence-corrected chi connectivity index (χ0v) is 26.4. The number of nitrogens with zero attached hydrogens (tertiary/aromatic N) is 4. The van der Waals surface area contributed by atoms with E-state index < -0.39 is 5.79 Å². The molecule has 0 spiro atoms. The van der Waals surface area contributed by atoms with Gasteiger partial charge >= 0.3 is 0 Å². The van der Waals surface area contributed by atoms with Crippen molar-refractivity contribution in [2.75, 3.05) is 12.4 Å². The third-order valence-corrected chi connectivity index (χ3v) is 9.06. The first-order valence-corrected chi connectivity index (χ1v) is 15.4. The summed E-state index contributed by atoms with van der Waals surface area (Å²) in [6, 6.07) is 18.5. The Bertz CT molecular complexity index is 1860. The van der Waals surface area contributed by atoms with E-state index in [-0.39, 0.29) is 18.2 Å². The maximum Gasteiger partial charge on any atom is 0.164 e. The molecule has 4 heterocycles. The molecule has 3 atom stereocenters. The maximum atomic E-state index is 6.42. The second-order valence-electron chi connectivity index (χ2n) is 11.4. The normalized spacial score (nSPS) is 20.9. The average Bonchev–Trinajstić information content (AvgIpc) is 3.66. The zero-order chi connectivity index (χ0) is 29.7. The van der Waals surface area contributed by atoms with E-state index in [2.05, 4.69) is 66.1 Å². The largest absolute Gasteiger partial charge is 0.497 e. The molecule has 1 aliphatic carbocycles. The second kappa shape index (κ2) is 11.2. The Labute approximate surface area is 263 Å². The number of pyridine rings is 1. The minimum Gasteiger partial charge on any atom is -0.497 e. The predicted molar refractivity (Wildman–Crippen MR) is 172 cm³/mol. The fourth-order valence-electron chi connectivity index (χ4n) is 6.06. The molecule has 2 aromatic carbocycles. The molecule has 7 rings (SSSR count). The third-order valence-electron chi connectivity index (χ3n) is 8.15.